The summed E-state index contributed by atoms with van der Waals surface area (Å²) < 4.78 is 6.81. The van der Waals surface area contributed by atoms with Crippen molar-refractivity contribution in [1.82, 2.24) is 14.6 Å². The van der Waals surface area contributed by atoms with Gasteiger partial charge >= 0.3 is 5.97 Å². The van der Waals surface area contributed by atoms with E-state index in [9.17, 15) is 4.79 Å². The minimum Gasteiger partial charge on any atom is -0.476 e. The number of nitrogens with zero attached hydrogens (tertiary/aromatic N) is 4. The van der Waals surface area contributed by atoms with Crippen LogP contribution in [0.5, 0.6) is 0 Å². The molecule has 104 valence electrons. The van der Waals surface area contributed by atoms with Crippen molar-refractivity contribution in [3.63, 3.8) is 0 Å². The van der Waals surface area contributed by atoms with E-state index in [-0.39, 0.29) is 5.69 Å². The zero-order chi connectivity index (χ0) is 13.7. The average Bonchev–Trinajstić information content (AvgIpc) is 3.01. The summed E-state index contributed by atoms with van der Waals surface area (Å²) in [6.45, 7) is 3.59. The predicted molar refractivity (Wildman–Crippen MR) is 70.0 cm³/mol. The van der Waals surface area contributed by atoms with E-state index in [2.05, 4.69) is 15.0 Å². The van der Waals surface area contributed by atoms with Crippen molar-refractivity contribution in [3.8, 4) is 0 Å². The highest BCUT2D eigenvalue weighted by Gasteiger charge is 2.44. The summed E-state index contributed by atoms with van der Waals surface area (Å²) in [5.74, 6) is -0.165. The van der Waals surface area contributed by atoms with Crippen LogP contribution < -0.4 is 4.90 Å². The number of hydrogen-bond donors (Lipinski definition) is 1. The van der Waals surface area contributed by atoms with Crippen LogP contribution in [-0.2, 0) is 4.74 Å². The smallest absolute Gasteiger partial charge is 0.356 e. The molecule has 2 fully saturated rings. The lowest BCUT2D eigenvalue weighted by atomic mass is 9.85. The Balaban J connectivity index is 1.65. The lowest BCUT2D eigenvalue weighted by Gasteiger charge is -2.37. The maximum atomic E-state index is 10.9. The van der Waals surface area contributed by atoms with Gasteiger partial charge in [-0.15, -0.1) is 0 Å². The van der Waals surface area contributed by atoms with E-state index in [1.807, 2.05) is 6.07 Å². The molecule has 4 rings (SSSR count). The van der Waals surface area contributed by atoms with Crippen molar-refractivity contribution in [2.45, 2.75) is 6.42 Å². The number of carboxylic acid groups (broad SMARTS) is 1. The van der Waals surface area contributed by atoms with E-state index in [0.29, 0.717) is 11.1 Å². The van der Waals surface area contributed by atoms with Crippen molar-refractivity contribution in [2.75, 3.05) is 31.2 Å². The van der Waals surface area contributed by atoms with Gasteiger partial charge in [-0.25, -0.2) is 14.3 Å². The Bertz CT molecular complexity index is 692. The molecule has 20 heavy (non-hydrogen) atoms. The van der Waals surface area contributed by atoms with Crippen LogP contribution in [0.25, 0.3) is 5.65 Å². The van der Waals surface area contributed by atoms with Gasteiger partial charge in [-0.1, -0.05) is 0 Å². The summed E-state index contributed by atoms with van der Waals surface area (Å²) in [5.41, 5.74) is 0.881. The third kappa shape index (κ3) is 1.66. The quantitative estimate of drug-likeness (QED) is 0.866. The van der Waals surface area contributed by atoms with E-state index < -0.39 is 5.97 Å². The first-order valence-electron chi connectivity index (χ1n) is 6.58. The molecule has 0 unspecified atom stereocenters. The molecule has 2 saturated heterocycles. The standard InChI is InChI=1S/C13H14N4O3/c18-12(19)9-5-11-14-10(1-3-17(11)15-9)16-4-2-13(6-16)7-20-8-13/h1,3,5H,2,4,6-8H2,(H,18,19). The van der Waals surface area contributed by atoms with Crippen LogP contribution in [0.15, 0.2) is 18.3 Å². The monoisotopic (exact) mass is 274 g/mol. The molecule has 0 radical (unpaired) electrons. The van der Waals surface area contributed by atoms with Crippen LogP contribution in [0.3, 0.4) is 0 Å². The van der Waals surface area contributed by atoms with Gasteiger partial charge < -0.3 is 14.7 Å². The molecule has 2 aromatic heterocycles. The molecule has 2 aromatic rings. The molecule has 1 spiro atoms. The molecule has 0 bridgehead atoms. The largest absolute Gasteiger partial charge is 0.476 e. The van der Waals surface area contributed by atoms with Gasteiger partial charge in [0.2, 0.25) is 0 Å². The van der Waals surface area contributed by atoms with Crippen LogP contribution in [0.4, 0.5) is 5.82 Å². The minimum atomic E-state index is -1.04. The Hall–Kier alpha value is -2.15. The van der Waals surface area contributed by atoms with Crippen molar-refractivity contribution >= 4 is 17.4 Å². The zero-order valence-electron chi connectivity index (χ0n) is 10.8. The van der Waals surface area contributed by atoms with E-state index in [1.54, 1.807) is 6.20 Å². The van der Waals surface area contributed by atoms with Gasteiger partial charge in [0.1, 0.15) is 5.82 Å². The third-order valence-electron chi connectivity index (χ3n) is 4.11. The van der Waals surface area contributed by atoms with Gasteiger partial charge in [0.15, 0.2) is 11.3 Å². The van der Waals surface area contributed by atoms with E-state index >= 15 is 0 Å². The molecule has 4 heterocycles. The van der Waals surface area contributed by atoms with E-state index in [0.717, 1.165) is 38.5 Å². The number of ether oxygens (including phenoxy) is 1. The number of rotatable bonds is 2. The Morgan fingerprint density at radius 2 is 2.30 bits per heavy atom. The molecule has 7 heteroatoms. The molecule has 0 amide bonds. The number of carbonyl (C=O) groups is 1. The first-order valence-corrected chi connectivity index (χ1v) is 6.58. The van der Waals surface area contributed by atoms with Gasteiger partial charge in [-0.2, -0.15) is 5.10 Å². The molecule has 2 aliphatic rings. The van der Waals surface area contributed by atoms with Gasteiger partial charge in [-0.05, 0) is 12.5 Å². The average molecular weight is 274 g/mol. The van der Waals surface area contributed by atoms with Gasteiger partial charge in [-0.3, -0.25) is 0 Å². The maximum Gasteiger partial charge on any atom is 0.356 e. The number of aromatic carboxylic acids is 1. The normalized spacial score (nSPS) is 20.5. The highest BCUT2D eigenvalue weighted by atomic mass is 16.5. The third-order valence-corrected chi connectivity index (χ3v) is 4.11. The predicted octanol–water partition coefficient (Wildman–Crippen LogP) is 0.654. The van der Waals surface area contributed by atoms with Crippen LogP contribution in [0, 0.1) is 5.41 Å². The lowest BCUT2D eigenvalue weighted by molar-refractivity contribution is -0.0985. The van der Waals surface area contributed by atoms with E-state index in [4.69, 9.17) is 9.84 Å². The molecular weight excluding hydrogens is 260 g/mol. The Kier molecular flexibility index (Phi) is 2.29. The summed E-state index contributed by atoms with van der Waals surface area (Å²) in [4.78, 5) is 17.7. The Morgan fingerprint density at radius 1 is 1.45 bits per heavy atom. The number of anilines is 1. The lowest BCUT2D eigenvalue weighted by Crippen LogP contribution is -2.44. The molecule has 1 N–H and O–H groups in total. The topological polar surface area (TPSA) is 80.0 Å². The van der Waals surface area contributed by atoms with E-state index in [1.165, 1.54) is 10.6 Å². The fourth-order valence-corrected chi connectivity index (χ4v) is 2.91. The molecule has 7 nitrogen and oxygen atoms in total. The first-order chi connectivity index (χ1) is 9.65. The Labute approximate surface area is 114 Å². The SMILES string of the molecule is O=C(O)c1cc2nc(N3CCC4(COC4)C3)ccn2n1. The molecular formula is C13H14N4O3. The highest BCUT2D eigenvalue weighted by molar-refractivity contribution is 5.86. The molecule has 0 aliphatic carbocycles. The second-order valence-electron chi connectivity index (χ2n) is 5.59. The van der Waals surface area contributed by atoms with Gasteiger partial charge in [0, 0.05) is 30.8 Å². The highest BCUT2D eigenvalue weighted by Crippen LogP contribution is 2.38. The van der Waals surface area contributed by atoms with Crippen LogP contribution in [-0.4, -0.2) is 52.0 Å². The summed E-state index contributed by atoms with van der Waals surface area (Å²) in [5, 5.41) is 12.9. The summed E-state index contributed by atoms with van der Waals surface area (Å²) in [6.07, 6.45) is 2.88. The number of fused-ring (bicyclic) bond motifs is 1. The first kappa shape index (κ1) is 11.7. The molecule has 2 aliphatic heterocycles. The summed E-state index contributed by atoms with van der Waals surface area (Å²) in [7, 11) is 0. The Morgan fingerprint density at radius 3 is 2.95 bits per heavy atom. The second-order valence-corrected chi connectivity index (χ2v) is 5.59. The van der Waals surface area contributed by atoms with Crippen molar-refractivity contribution < 1.29 is 14.6 Å². The van der Waals surface area contributed by atoms with Gasteiger partial charge in [0.25, 0.3) is 0 Å². The second kappa shape index (κ2) is 3.92. The minimum absolute atomic E-state index is 0.0138. The number of hydrogen-bond acceptors (Lipinski definition) is 5. The molecule has 0 saturated carbocycles. The van der Waals surface area contributed by atoms with Crippen molar-refractivity contribution in [1.29, 1.82) is 0 Å². The summed E-state index contributed by atoms with van der Waals surface area (Å²) in [6, 6.07) is 3.37. The van der Waals surface area contributed by atoms with Gasteiger partial charge in [0.05, 0.1) is 13.2 Å². The fraction of sp³-hybridized carbons (Fsp3) is 0.462. The number of aromatic nitrogens is 3. The summed E-state index contributed by atoms with van der Waals surface area (Å²) >= 11 is 0. The van der Waals surface area contributed by atoms with Crippen LogP contribution in [0.2, 0.25) is 0 Å². The van der Waals surface area contributed by atoms with Crippen molar-refractivity contribution in [2.24, 2.45) is 5.41 Å². The van der Waals surface area contributed by atoms with Crippen LogP contribution in [0.1, 0.15) is 16.9 Å². The zero-order valence-corrected chi connectivity index (χ0v) is 10.8. The molecule has 0 aromatic carbocycles. The maximum absolute atomic E-state index is 10.9. The van der Waals surface area contributed by atoms with Crippen LogP contribution >= 0.6 is 0 Å². The van der Waals surface area contributed by atoms with Crippen molar-refractivity contribution in [3.05, 3.63) is 24.0 Å². The molecule has 0 atom stereocenters. The number of carboxylic acids is 1. The fourth-order valence-electron chi connectivity index (χ4n) is 2.91.